The van der Waals surface area contributed by atoms with Crippen molar-refractivity contribution < 1.29 is 9.47 Å². The summed E-state index contributed by atoms with van der Waals surface area (Å²) < 4.78 is 11.5. The zero-order valence-corrected chi connectivity index (χ0v) is 18.9. The Morgan fingerprint density at radius 2 is 1.17 bits per heavy atom. The monoisotopic (exact) mass is 413 g/mol. The minimum Gasteiger partial charge on any atom is -0.490 e. The molecule has 2 heterocycles. The van der Waals surface area contributed by atoms with Crippen LogP contribution in [0.4, 0.5) is 0 Å². The number of aromatic nitrogens is 3. The first-order valence-electron chi connectivity index (χ1n) is 11.9. The predicted octanol–water partition coefficient (Wildman–Crippen LogP) is 7.02. The molecule has 2 aromatic rings. The Hall–Kier alpha value is -2.17. The third-order valence-electron chi connectivity index (χ3n) is 5.14. The number of nitrogens with zero attached hydrogens (tertiary/aromatic N) is 3. The molecule has 0 aliphatic carbocycles. The van der Waals surface area contributed by atoms with E-state index in [1.165, 1.54) is 64.2 Å². The number of ether oxygens (including phenoxy) is 2. The zero-order chi connectivity index (χ0) is 21.3. The summed E-state index contributed by atoms with van der Waals surface area (Å²) in [5.74, 6) is 2.03. The van der Waals surface area contributed by atoms with Gasteiger partial charge in [0.05, 0.1) is 25.6 Å². The van der Waals surface area contributed by atoms with E-state index in [0.717, 1.165) is 30.8 Å². The predicted molar refractivity (Wildman–Crippen MR) is 123 cm³/mol. The van der Waals surface area contributed by atoms with Crippen molar-refractivity contribution in [2.75, 3.05) is 13.2 Å². The molecule has 0 aliphatic rings. The number of hydrogen-bond acceptors (Lipinski definition) is 5. The maximum absolute atomic E-state index is 5.77. The van der Waals surface area contributed by atoms with E-state index in [1.54, 1.807) is 18.6 Å². The summed E-state index contributed by atoms with van der Waals surface area (Å²) in [6, 6.07) is 3.83. The second-order valence-corrected chi connectivity index (χ2v) is 7.86. The molecule has 0 saturated carbocycles. The summed E-state index contributed by atoms with van der Waals surface area (Å²) in [6.45, 7) is 5.91. The van der Waals surface area contributed by atoms with Gasteiger partial charge in [-0.2, -0.15) is 0 Å². The molecular weight excluding hydrogens is 374 g/mol. The number of rotatable bonds is 17. The maximum Gasteiger partial charge on any atom is 0.213 e. The van der Waals surface area contributed by atoms with Gasteiger partial charge in [0, 0.05) is 17.8 Å². The second kappa shape index (κ2) is 15.6. The Balaban J connectivity index is 1.64. The van der Waals surface area contributed by atoms with Gasteiger partial charge in [0.15, 0.2) is 11.6 Å². The van der Waals surface area contributed by atoms with Crippen molar-refractivity contribution in [1.82, 2.24) is 15.0 Å². The summed E-state index contributed by atoms with van der Waals surface area (Å²) in [7, 11) is 0. The van der Waals surface area contributed by atoms with E-state index < -0.39 is 0 Å². The lowest BCUT2D eigenvalue weighted by molar-refractivity contribution is 0.294. The van der Waals surface area contributed by atoms with Gasteiger partial charge in [-0.1, -0.05) is 78.1 Å². The SMILES string of the molecule is CCCCCCCCCCOc1cnc(-c2ccc(OCCCCCC)nc2)nc1. The van der Waals surface area contributed by atoms with E-state index in [4.69, 9.17) is 9.47 Å². The smallest absolute Gasteiger partial charge is 0.213 e. The lowest BCUT2D eigenvalue weighted by Gasteiger charge is -2.07. The lowest BCUT2D eigenvalue weighted by atomic mass is 10.1. The van der Waals surface area contributed by atoms with Gasteiger partial charge in [-0.25, -0.2) is 15.0 Å². The molecule has 166 valence electrons. The summed E-state index contributed by atoms with van der Waals surface area (Å²) in [5, 5.41) is 0. The normalized spacial score (nSPS) is 10.9. The van der Waals surface area contributed by atoms with E-state index >= 15 is 0 Å². The van der Waals surface area contributed by atoms with Crippen LogP contribution >= 0.6 is 0 Å². The van der Waals surface area contributed by atoms with Gasteiger partial charge in [0.2, 0.25) is 5.88 Å². The molecule has 0 unspecified atom stereocenters. The van der Waals surface area contributed by atoms with Crippen molar-refractivity contribution in [3.8, 4) is 23.0 Å². The van der Waals surface area contributed by atoms with Crippen LogP contribution in [0.25, 0.3) is 11.4 Å². The van der Waals surface area contributed by atoms with Crippen molar-refractivity contribution in [2.45, 2.75) is 90.9 Å². The van der Waals surface area contributed by atoms with Crippen molar-refractivity contribution in [3.63, 3.8) is 0 Å². The molecule has 0 N–H and O–H groups in total. The Bertz CT molecular complexity index is 659. The van der Waals surface area contributed by atoms with Crippen LogP contribution < -0.4 is 9.47 Å². The third kappa shape index (κ3) is 10.0. The van der Waals surface area contributed by atoms with Crippen LogP contribution in [-0.4, -0.2) is 28.2 Å². The van der Waals surface area contributed by atoms with E-state index in [2.05, 4.69) is 28.8 Å². The summed E-state index contributed by atoms with van der Waals surface area (Å²) >= 11 is 0. The van der Waals surface area contributed by atoms with Crippen LogP contribution in [0.1, 0.15) is 90.9 Å². The van der Waals surface area contributed by atoms with E-state index in [0.29, 0.717) is 18.3 Å². The van der Waals surface area contributed by atoms with Crippen LogP contribution in [0.2, 0.25) is 0 Å². The molecule has 0 radical (unpaired) electrons. The minimum atomic E-state index is 0.649. The van der Waals surface area contributed by atoms with E-state index in [9.17, 15) is 0 Å². The second-order valence-electron chi connectivity index (χ2n) is 7.86. The highest BCUT2D eigenvalue weighted by Gasteiger charge is 2.04. The quantitative estimate of drug-likeness (QED) is 0.261. The minimum absolute atomic E-state index is 0.649. The molecule has 0 spiro atoms. The fraction of sp³-hybridized carbons (Fsp3) is 0.640. The maximum atomic E-state index is 5.77. The molecule has 0 saturated heterocycles. The molecule has 2 rings (SSSR count). The lowest BCUT2D eigenvalue weighted by Crippen LogP contribution is -2.00. The van der Waals surface area contributed by atoms with Crippen molar-refractivity contribution in [3.05, 3.63) is 30.7 Å². The molecule has 2 aromatic heterocycles. The molecule has 0 aliphatic heterocycles. The molecule has 0 atom stereocenters. The zero-order valence-electron chi connectivity index (χ0n) is 18.9. The third-order valence-corrected chi connectivity index (χ3v) is 5.14. The molecule has 5 heteroatoms. The number of pyridine rings is 1. The van der Waals surface area contributed by atoms with Gasteiger partial charge in [-0.3, -0.25) is 0 Å². The molecule has 5 nitrogen and oxygen atoms in total. The Labute approximate surface area is 182 Å². The fourth-order valence-electron chi connectivity index (χ4n) is 3.27. The van der Waals surface area contributed by atoms with Gasteiger partial charge < -0.3 is 9.47 Å². The van der Waals surface area contributed by atoms with Gasteiger partial charge in [0.1, 0.15) is 0 Å². The van der Waals surface area contributed by atoms with Crippen molar-refractivity contribution >= 4 is 0 Å². The molecule has 0 amide bonds. The first kappa shape index (κ1) is 24.1. The average molecular weight is 414 g/mol. The summed E-state index contributed by atoms with van der Waals surface area (Å²) in [4.78, 5) is 13.2. The molecular formula is C25H39N3O2. The fourth-order valence-corrected chi connectivity index (χ4v) is 3.27. The van der Waals surface area contributed by atoms with Crippen LogP contribution in [0.5, 0.6) is 11.6 Å². The van der Waals surface area contributed by atoms with E-state index in [1.807, 2.05) is 12.1 Å². The van der Waals surface area contributed by atoms with Crippen LogP contribution in [0.3, 0.4) is 0 Å². The van der Waals surface area contributed by atoms with Gasteiger partial charge in [0.25, 0.3) is 0 Å². The van der Waals surface area contributed by atoms with Gasteiger partial charge in [-0.15, -0.1) is 0 Å². The molecule has 0 bridgehead atoms. The Morgan fingerprint density at radius 1 is 0.600 bits per heavy atom. The van der Waals surface area contributed by atoms with Crippen LogP contribution in [0.15, 0.2) is 30.7 Å². The highest BCUT2D eigenvalue weighted by atomic mass is 16.5. The first-order valence-corrected chi connectivity index (χ1v) is 11.9. The number of unbranched alkanes of at least 4 members (excludes halogenated alkanes) is 10. The Kier molecular flexibility index (Phi) is 12.6. The highest BCUT2D eigenvalue weighted by Crippen LogP contribution is 2.18. The van der Waals surface area contributed by atoms with Crippen molar-refractivity contribution in [1.29, 1.82) is 0 Å². The highest BCUT2D eigenvalue weighted by molar-refractivity contribution is 5.53. The van der Waals surface area contributed by atoms with Crippen LogP contribution in [0, 0.1) is 0 Å². The van der Waals surface area contributed by atoms with Crippen molar-refractivity contribution in [2.24, 2.45) is 0 Å². The molecule has 0 aromatic carbocycles. The molecule has 0 fully saturated rings. The topological polar surface area (TPSA) is 57.1 Å². The average Bonchev–Trinajstić information content (AvgIpc) is 2.79. The first-order chi connectivity index (χ1) is 14.8. The van der Waals surface area contributed by atoms with Crippen LogP contribution in [-0.2, 0) is 0 Å². The standard InChI is InChI=1S/C25H39N3O2/c1-3-5-7-9-10-11-12-14-17-29-23-20-27-25(28-21-23)22-15-16-24(26-19-22)30-18-13-8-6-4-2/h15-16,19-21H,3-14,17-18H2,1-2H3. The Morgan fingerprint density at radius 3 is 1.77 bits per heavy atom. The van der Waals surface area contributed by atoms with E-state index in [-0.39, 0.29) is 0 Å². The molecule has 30 heavy (non-hydrogen) atoms. The number of hydrogen-bond donors (Lipinski definition) is 0. The van der Waals surface area contributed by atoms with Gasteiger partial charge >= 0.3 is 0 Å². The summed E-state index contributed by atoms with van der Waals surface area (Å²) in [5.41, 5.74) is 0.878. The van der Waals surface area contributed by atoms with Gasteiger partial charge in [-0.05, 0) is 18.9 Å². The summed E-state index contributed by atoms with van der Waals surface area (Å²) in [6.07, 6.45) is 20.4. The largest absolute Gasteiger partial charge is 0.490 e.